The van der Waals surface area contributed by atoms with Crippen molar-refractivity contribution in [2.24, 2.45) is 0 Å². The summed E-state index contributed by atoms with van der Waals surface area (Å²) in [6.07, 6.45) is 1.40. The molecule has 3 N–H and O–H groups in total. The molecular weight excluding hydrogens is 222 g/mol. The van der Waals surface area contributed by atoms with Gasteiger partial charge in [0.05, 0.1) is 18.8 Å². The highest BCUT2D eigenvalue weighted by molar-refractivity contribution is 5.47. The van der Waals surface area contributed by atoms with Crippen LogP contribution in [0, 0.1) is 6.92 Å². The molecule has 6 nitrogen and oxygen atoms in total. The van der Waals surface area contributed by atoms with E-state index >= 15 is 0 Å². The number of nitrogens with zero attached hydrogens (tertiary/aromatic N) is 2. The Bertz CT molecular complexity index is 369. The summed E-state index contributed by atoms with van der Waals surface area (Å²) in [5.74, 6) is 1.12. The van der Waals surface area contributed by atoms with Gasteiger partial charge in [-0.2, -0.15) is 0 Å². The van der Waals surface area contributed by atoms with E-state index in [1.165, 1.54) is 6.33 Å². The average molecular weight is 241 g/mol. The summed E-state index contributed by atoms with van der Waals surface area (Å²) < 4.78 is 5.33. The smallest absolute Gasteiger partial charge is 0.221 e. The molecule has 0 radical (unpaired) electrons. The van der Waals surface area contributed by atoms with Gasteiger partial charge in [-0.1, -0.05) is 0 Å². The van der Waals surface area contributed by atoms with E-state index in [0.717, 1.165) is 5.56 Å². The predicted molar refractivity (Wildman–Crippen MR) is 64.1 cm³/mol. The SMILES string of the molecule is CCOc1ncnc(NCC(C)(O)CO)c1C. The van der Waals surface area contributed by atoms with Crippen LogP contribution in [0.1, 0.15) is 19.4 Å². The molecule has 6 heteroatoms. The molecule has 0 aliphatic heterocycles. The van der Waals surface area contributed by atoms with Crippen molar-refractivity contribution < 1.29 is 14.9 Å². The van der Waals surface area contributed by atoms with Crippen LogP contribution in [0.25, 0.3) is 0 Å². The van der Waals surface area contributed by atoms with Crippen LogP contribution in [0.5, 0.6) is 5.88 Å². The topological polar surface area (TPSA) is 87.5 Å². The minimum atomic E-state index is -1.18. The quantitative estimate of drug-likeness (QED) is 0.665. The Morgan fingerprint density at radius 1 is 1.47 bits per heavy atom. The molecule has 0 aromatic carbocycles. The first-order valence-corrected chi connectivity index (χ1v) is 5.51. The summed E-state index contributed by atoms with van der Waals surface area (Å²) >= 11 is 0. The van der Waals surface area contributed by atoms with Gasteiger partial charge in [-0.05, 0) is 20.8 Å². The molecule has 1 atom stereocenters. The third kappa shape index (κ3) is 3.83. The average Bonchev–Trinajstić information content (AvgIpc) is 2.31. The van der Waals surface area contributed by atoms with E-state index in [9.17, 15) is 5.11 Å². The maximum Gasteiger partial charge on any atom is 0.221 e. The van der Waals surface area contributed by atoms with Gasteiger partial charge < -0.3 is 20.3 Å². The van der Waals surface area contributed by atoms with Crippen molar-refractivity contribution >= 4 is 5.82 Å². The minimum absolute atomic E-state index is 0.201. The van der Waals surface area contributed by atoms with E-state index in [2.05, 4.69) is 15.3 Å². The minimum Gasteiger partial charge on any atom is -0.478 e. The maximum atomic E-state index is 9.66. The summed E-state index contributed by atoms with van der Waals surface area (Å²) in [7, 11) is 0. The van der Waals surface area contributed by atoms with Crippen LogP contribution in [0.3, 0.4) is 0 Å². The number of hydrogen-bond donors (Lipinski definition) is 3. The number of aliphatic hydroxyl groups excluding tert-OH is 1. The third-order valence-corrected chi connectivity index (χ3v) is 2.30. The van der Waals surface area contributed by atoms with Crippen LogP contribution in [-0.2, 0) is 0 Å². The molecule has 1 heterocycles. The Kier molecular flexibility index (Phi) is 4.65. The zero-order valence-corrected chi connectivity index (χ0v) is 10.4. The molecule has 0 bridgehead atoms. The van der Waals surface area contributed by atoms with Crippen LogP contribution in [0.15, 0.2) is 6.33 Å². The van der Waals surface area contributed by atoms with Crippen LogP contribution in [0.4, 0.5) is 5.82 Å². The number of rotatable bonds is 6. The van der Waals surface area contributed by atoms with Gasteiger partial charge in [0.2, 0.25) is 5.88 Å². The van der Waals surface area contributed by atoms with E-state index in [4.69, 9.17) is 9.84 Å². The van der Waals surface area contributed by atoms with Gasteiger partial charge >= 0.3 is 0 Å². The summed E-state index contributed by atoms with van der Waals surface area (Å²) in [6, 6.07) is 0. The molecule has 96 valence electrons. The molecule has 0 fully saturated rings. The standard InChI is InChI=1S/C11H19N3O3/c1-4-17-10-8(2)9(13-7-14-10)12-5-11(3,16)6-15/h7,15-16H,4-6H2,1-3H3,(H,12,13,14). The molecule has 1 aromatic heterocycles. The van der Waals surface area contributed by atoms with Crippen molar-refractivity contribution in [1.82, 2.24) is 9.97 Å². The maximum absolute atomic E-state index is 9.66. The first-order valence-electron chi connectivity index (χ1n) is 5.51. The normalized spacial score (nSPS) is 14.2. The van der Waals surface area contributed by atoms with Crippen molar-refractivity contribution in [3.05, 3.63) is 11.9 Å². The second kappa shape index (κ2) is 5.79. The molecule has 0 saturated heterocycles. The zero-order valence-electron chi connectivity index (χ0n) is 10.4. The van der Waals surface area contributed by atoms with Crippen molar-refractivity contribution in [3.8, 4) is 5.88 Å². The second-order valence-electron chi connectivity index (χ2n) is 4.09. The van der Waals surface area contributed by atoms with E-state index in [1.807, 2.05) is 13.8 Å². The van der Waals surface area contributed by atoms with Crippen LogP contribution >= 0.6 is 0 Å². The van der Waals surface area contributed by atoms with Gasteiger partial charge in [0.15, 0.2) is 0 Å². The monoisotopic (exact) mass is 241 g/mol. The summed E-state index contributed by atoms with van der Waals surface area (Å²) in [5, 5.41) is 21.6. The fourth-order valence-corrected chi connectivity index (χ4v) is 1.22. The fourth-order valence-electron chi connectivity index (χ4n) is 1.22. The lowest BCUT2D eigenvalue weighted by Crippen LogP contribution is -2.37. The molecule has 0 aliphatic carbocycles. The number of hydrogen-bond acceptors (Lipinski definition) is 6. The number of aromatic nitrogens is 2. The first kappa shape index (κ1) is 13.7. The highest BCUT2D eigenvalue weighted by Crippen LogP contribution is 2.20. The summed E-state index contributed by atoms with van der Waals surface area (Å²) in [4.78, 5) is 8.07. The molecule has 0 aliphatic rings. The second-order valence-corrected chi connectivity index (χ2v) is 4.09. The van der Waals surface area contributed by atoms with E-state index < -0.39 is 5.60 Å². The molecule has 0 saturated carbocycles. The van der Waals surface area contributed by atoms with Gasteiger partial charge in [-0.15, -0.1) is 0 Å². The number of ether oxygens (including phenoxy) is 1. The van der Waals surface area contributed by atoms with Gasteiger partial charge in [-0.3, -0.25) is 0 Å². The highest BCUT2D eigenvalue weighted by Gasteiger charge is 2.19. The number of aliphatic hydroxyl groups is 2. The Balaban J connectivity index is 2.75. The third-order valence-electron chi connectivity index (χ3n) is 2.30. The van der Waals surface area contributed by atoms with Gasteiger partial charge in [0, 0.05) is 6.54 Å². The predicted octanol–water partition coefficient (Wildman–Crippen LogP) is 0.339. The van der Waals surface area contributed by atoms with E-state index in [-0.39, 0.29) is 13.2 Å². The van der Waals surface area contributed by atoms with Crippen LogP contribution in [0.2, 0.25) is 0 Å². The molecule has 0 spiro atoms. The van der Waals surface area contributed by atoms with Crippen molar-refractivity contribution in [2.45, 2.75) is 26.4 Å². The largest absolute Gasteiger partial charge is 0.478 e. The first-order chi connectivity index (χ1) is 8.00. The summed E-state index contributed by atoms with van der Waals surface area (Å²) in [6.45, 7) is 5.67. The molecule has 1 unspecified atom stereocenters. The molecule has 17 heavy (non-hydrogen) atoms. The lowest BCUT2D eigenvalue weighted by atomic mass is 10.1. The molecule has 1 rings (SSSR count). The lowest BCUT2D eigenvalue weighted by molar-refractivity contribution is 0.0131. The molecule has 1 aromatic rings. The van der Waals surface area contributed by atoms with Crippen molar-refractivity contribution in [2.75, 3.05) is 25.1 Å². The van der Waals surface area contributed by atoms with Crippen LogP contribution in [-0.4, -0.2) is 45.5 Å². The number of anilines is 1. The Labute approximate surface area is 101 Å². The lowest BCUT2D eigenvalue weighted by Gasteiger charge is -2.21. The zero-order chi connectivity index (χ0) is 12.9. The van der Waals surface area contributed by atoms with E-state index in [1.54, 1.807) is 6.92 Å². The molecular formula is C11H19N3O3. The van der Waals surface area contributed by atoms with Gasteiger partial charge in [0.1, 0.15) is 17.7 Å². The van der Waals surface area contributed by atoms with Crippen molar-refractivity contribution in [1.29, 1.82) is 0 Å². The van der Waals surface area contributed by atoms with Gasteiger partial charge in [0.25, 0.3) is 0 Å². The highest BCUT2D eigenvalue weighted by atomic mass is 16.5. The van der Waals surface area contributed by atoms with Gasteiger partial charge in [-0.25, -0.2) is 9.97 Å². The summed E-state index contributed by atoms with van der Waals surface area (Å²) in [5.41, 5.74) is -0.397. The fraction of sp³-hybridized carbons (Fsp3) is 0.636. The Morgan fingerprint density at radius 2 is 2.18 bits per heavy atom. The molecule has 0 amide bonds. The number of nitrogens with one attached hydrogen (secondary N) is 1. The van der Waals surface area contributed by atoms with Crippen molar-refractivity contribution in [3.63, 3.8) is 0 Å². The van der Waals surface area contributed by atoms with Crippen LogP contribution < -0.4 is 10.1 Å². The Hall–Kier alpha value is -1.40. The Morgan fingerprint density at radius 3 is 2.76 bits per heavy atom. The van der Waals surface area contributed by atoms with E-state index in [0.29, 0.717) is 18.3 Å².